The number of nitrogens with zero attached hydrogens (tertiary/aromatic N) is 2. The van der Waals surface area contributed by atoms with Crippen LogP contribution < -0.4 is 11.3 Å². The van der Waals surface area contributed by atoms with E-state index >= 15 is 0 Å². The molecule has 0 saturated carbocycles. The summed E-state index contributed by atoms with van der Waals surface area (Å²) in [5.41, 5.74) is 2.24. The zero-order valence-electron chi connectivity index (χ0n) is 11.0. The third-order valence-corrected chi connectivity index (χ3v) is 2.73. The van der Waals surface area contributed by atoms with Crippen molar-refractivity contribution in [2.24, 2.45) is 5.84 Å². The van der Waals surface area contributed by atoms with E-state index in [1.807, 2.05) is 6.92 Å². The molecule has 1 amide bonds. The Morgan fingerprint density at radius 1 is 1.31 bits per heavy atom. The second kappa shape index (κ2) is 8.50. The van der Waals surface area contributed by atoms with Crippen molar-refractivity contribution in [2.45, 2.75) is 32.7 Å². The lowest BCUT2D eigenvalue weighted by atomic mass is 10.1. The maximum atomic E-state index is 11.6. The number of carbonyl (C=O) groups excluding carboxylic acids is 1. The molecule has 0 radical (unpaired) electrons. The molecule has 1 atom stereocenters. The molecule has 0 saturated heterocycles. The van der Waals surface area contributed by atoms with Crippen molar-refractivity contribution < 1.29 is 4.79 Å². The first kappa shape index (κ1) is 15.3. The van der Waals surface area contributed by atoms with Crippen LogP contribution in [-0.4, -0.2) is 55.5 Å². The Bertz CT molecular complexity index is 196. The van der Waals surface area contributed by atoms with Crippen LogP contribution in [-0.2, 0) is 4.79 Å². The summed E-state index contributed by atoms with van der Waals surface area (Å²) in [6, 6.07) is -0.0998. The molecule has 0 aliphatic rings. The molecule has 0 heterocycles. The standard InChI is InChI=1S/C11H26N4O/c1-5-10(11(16)13-12)15(6-2)9-7-8-14(3)4/h10H,5-9,12H2,1-4H3,(H,13,16). The molecule has 0 aromatic heterocycles. The van der Waals surface area contributed by atoms with Gasteiger partial charge in [0.15, 0.2) is 0 Å². The van der Waals surface area contributed by atoms with E-state index in [4.69, 9.17) is 5.84 Å². The molecule has 0 aliphatic carbocycles. The average Bonchev–Trinajstić information content (AvgIpc) is 2.26. The molecule has 1 unspecified atom stereocenters. The number of hydrogen-bond donors (Lipinski definition) is 2. The molecular formula is C11H26N4O. The maximum absolute atomic E-state index is 11.6. The first-order valence-electron chi connectivity index (χ1n) is 5.96. The molecule has 0 bridgehead atoms. The van der Waals surface area contributed by atoms with E-state index < -0.39 is 0 Å². The highest BCUT2D eigenvalue weighted by Crippen LogP contribution is 2.05. The van der Waals surface area contributed by atoms with E-state index in [1.54, 1.807) is 0 Å². The fraction of sp³-hybridized carbons (Fsp3) is 0.909. The zero-order chi connectivity index (χ0) is 12.6. The molecule has 0 aromatic carbocycles. The third-order valence-electron chi connectivity index (χ3n) is 2.73. The van der Waals surface area contributed by atoms with Crippen LogP contribution in [0.5, 0.6) is 0 Å². The largest absolute Gasteiger partial charge is 0.309 e. The second-order valence-electron chi connectivity index (χ2n) is 4.22. The van der Waals surface area contributed by atoms with E-state index in [2.05, 4.69) is 36.2 Å². The molecule has 0 spiro atoms. The minimum atomic E-state index is -0.0998. The van der Waals surface area contributed by atoms with Gasteiger partial charge in [-0.1, -0.05) is 13.8 Å². The van der Waals surface area contributed by atoms with Crippen LogP contribution in [0.25, 0.3) is 0 Å². The zero-order valence-corrected chi connectivity index (χ0v) is 11.0. The van der Waals surface area contributed by atoms with Gasteiger partial charge < -0.3 is 4.90 Å². The van der Waals surface area contributed by atoms with Gasteiger partial charge in [0.05, 0.1) is 6.04 Å². The Hall–Kier alpha value is -0.650. The van der Waals surface area contributed by atoms with E-state index in [-0.39, 0.29) is 11.9 Å². The SMILES string of the molecule is CCC(C(=O)NN)N(CC)CCCN(C)C. The van der Waals surface area contributed by atoms with E-state index in [0.29, 0.717) is 0 Å². The summed E-state index contributed by atoms with van der Waals surface area (Å²) in [6.07, 6.45) is 1.86. The number of rotatable bonds is 8. The van der Waals surface area contributed by atoms with Gasteiger partial charge in [-0.15, -0.1) is 0 Å². The Labute approximate surface area is 98.9 Å². The van der Waals surface area contributed by atoms with E-state index in [1.165, 1.54) is 0 Å². The number of likely N-dealkylation sites (N-methyl/N-ethyl adjacent to an activating group) is 1. The second-order valence-corrected chi connectivity index (χ2v) is 4.22. The molecule has 0 fully saturated rings. The molecule has 0 aromatic rings. The predicted molar refractivity (Wildman–Crippen MR) is 66.8 cm³/mol. The van der Waals surface area contributed by atoms with Gasteiger partial charge in [0.2, 0.25) is 0 Å². The fourth-order valence-corrected chi connectivity index (χ4v) is 1.83. The fourth-order valence-electron chi connectivity index (χ4n) is 1.83. The Kier molecular flexibility index (Phi) is 8.15. The number of hydrazine groups is 1. The number of carbonyl (C=O) groups is 1. The molecule has 5 nitrogen and oxygen atoms in total. The molecule has 3 N–H and O–H groups in total. The number of amides is 1. The van der Waals surface area contributed by atoms with Gasteiger partial charge in [0.25, 0.3) is 5.91 Å². The van der Waals surface area contributed by atoms with Crippen molar-refractivity contribution in [3.63, 3.8) is 0 Å². The van der Waals surface area contributed by atoms with Crippen LogP contribution in [0.3, 0.4) is 0 Å². The minimum Gasteiger partial charge on any atom is -0.309 e. The van der Waals surface area contributed by atoms with Crippen molar-refractivity contribution in [3.8, 4) is 0 Å². The lowest BCUT2D eigenvalue weighted by Crippen LogP contribution is -2.49. The first-order valence-corrected chi connectivity index (χ1v) is 5.96. The lowest BCUT2D eigenvalue weighted by molar-refractivity contribution is -0.126. The van der Waals surface area contributed by atoms with Crippen LogP contribution in [0.1, 0.15) is 26.7 Å². The molecule has 16 heavy (non-hydrogen) atoms. The van der Waals surface area contributed by atoms with Gasteiger partial charge in [-0.3, -0.25) is 15.1 Å². The van der Waals surface area contributed by atoms with Crippen LogP contribution in [0.2, 0.25) is 0 Å². The normalized spacial score (nSPS) is 13.2. The predicted octanol–water partition coefficient (Wildman–Crippen LogP) is 0.0285. The van der Waals surface area contributed by atoms with Crippen LogP contribution >= 0.6 is 0 Å². The average molecular weight is 230 g/mol. The van der Waals surface area contributed by atoms with Crippen LogP contribution in [0, 0.1) is 0 Å². The van der Waals surface area contributed by atoms with Gasteiger partial charge >= 0.3 is 0 Å². The van der Waals surface area contributed by atoms with Gasteiger partial charge in [0.1, 0.15) is 0 Å². The van der Waals surface area contributed by atoms with Crippen molar-refractivity contribution in [2.75, 3.05) is 33.7 Å². The van der Waals surface area contributed by atoms with Gasteiger partial charge in [-0.25, -0.2) is 5.84 Å². The highest BCUT2D eigenvalue weighted by Gasteiger charge is 2.21. The number of hydrogen-bond acceptors (Lipinski definition) is 4. The van der Waals surface area contributed by atoms with E-state index in [0.717, 1.165) is 32.5 Å². The summed E-state index contributed by atoms with van der Waals surface area (Å²) in [6.45, 7) is 6.92. The molecule has 96 valence electrons. The summed E-state index contributed by atoms with van der Waals surface area (Å²) in [5.74, 6) is 5.09. The number of nitrogens with two attached hydrogens (primary N) is 1. The summed E-state index contributed by atoms with van der Waals surface area (Å²) in [4.78, 5) is 15.9. The van der Waals surface area contributed by atoms with Crippen molar-refractivity contribution in [1.29, 1.82) is 0 Å². The summed E-state index contributed by atoms with van der Waals surface area (Å²) in [7, 11) is 4.11. The summed E-state index contributed by atoms with van der Waals surface area (Å²) in [5, 5.41) is 0. The lowest BCUT2D eigenvalue weighted by Gasteiger charge is -2.28. The first-order chi connectivity index (χ1) is 7.56. The Morgan fingerprint density at radius 3 is 2.31 bits per heavy atom. The van der Waals surface area contributed by atoms with E-state index in [9.17, 15) is 4.79 Å². The monoisotopic (exact) mass is 230 g/mol. The molecule has 0 aliphatic heterocycles. The molecule has 0 rings (SSSR count). The van der Waals surface area contributed by atoms with Crippen molar-refractivity contribution in [3.05, 3.63) is 0 Å². The van der Waals surface area contributed by atoms with Crippen molar-refractivity contribution >= 4 is 5.91 Å². The van der Waals surface area contributed by atoms with Crippen LogP contribution in [0.4, 0.5) is 0 Å². The topological polar surface area (TPSA) is 61.6 Å². The summed E-state index contributed by atoms with van der Waals surface area (Å²) >= 11 is 0. The van der Waals surface area contributed by atoms with Crippen molar-refractivity contribution in [1.82, 2.24) is 15.2 Å². The van der Waals surface area contributed by atoms with Gasteiger partial charge in [0, 0.05) is 6.54 Å². The van der Waals surface area contributed by atoms with Gasteiger partial charge in [-0.05, 0) is 40.0 Å². The van der Waals surface area contributed by atoms with Gasteiger partial charge in [-0.2, -0.15) is 0 Å². The smallest absolute Gasteiger partial charge is 0.251 e. The highest BCUT2D eigenvalue weighted by molar-refractivity contribution is 5.81. The molecule has 5 heteroatoms. The molecular weight excluding hydrogens is 204 g/mol. The Morgan fingerprint density at radius 2 is 1.94 bits per heavy atom. The number of nitrogens with one attached hydrogen (secondary N) is 1. The maximum Gasteiger partial charge on any atom is 0.251 e. The minimum absolute atomic E-state index is 0.0887. The Balaban J connectivity index is 4.17. The third kappa shape index (κ3) is 5.44. The highest BCUT2D eigenvalue weighted by atomic mass is 16.2. The quantitative estimate of drug-likeness (QED) is 0.351. The van der Waals surface area contributed by atoms with Crippen LogP contribution in [0.15, 0.2) is 0 Å². The summed E-state index contributed by atoms with van der Waals surface area (Å²) < 4.78 is 0.